The monoisotopic (exact) mass is 1090 g/mol. The molecule has 19 heteroatoms. The molecule has 1 aliphatic heterocycles. The molecule has 11 atom stereocenters. The van der Waals surface area contributed by atoms with Crippen LogP contribution < -0.4 is 31.5 Å². The molecule has 76 heavy (non-hydrogen) atoms. The molecule has 7 N–H and O–H groups in total. The molecular formula is C57H88N8O9PS+. The molecule has 2 heterocycles. The Balaban J connectivity index is 1.26. The van der Waals surface area contributed by atoms with E-state index in [0.717, 1.165) is 52.1 Å². The molecule has 0 spiro atoms. The summed E-state index contributed by atoms with van der Waals surface area (Å²) in [5.74, 6) is -3.32. The van der Waals surface area contributed by atoms with Gasteiger partial charge in [-0.15, -0.1) is 19.9 Å². The van der Waals surface area contributed by atoms with Crippen LogP contribution in [-0.4, -0.2) is 119 Å². The molecule has 1 aromatic heterocycles. The lowest BCUT2D eigenvalue weighted by Crippen LogP contribution is -3.07. The minimum absolute atomic E-state index is 0.0901. The predicted octanol–water partition coefficient (Wildman–Crippen LogP) is 6.73. The number of quaternary nitrogens is 1. The fourth-order valence-electron chi connectivity index (χ4n) is 9.49. The number of aromatic nitrogens is 1. The highest BCUT2D eigenvalue weighted by Crippen LogP contribution is 2.32. The van der Waals surface area contributed by atoms with E-state index in [2.05, 4.69) is 38.6 Å². The molecule has 1 aliphatic rings. The van der Waals surface area contributed by atoms with Crippen molar-refractivity contribution in [3.05, 3.63) is 81.8 Å². The number of carbonyl (C=O) groups excluding carboxylic acids is 6. The molecule has 0 bridgehead atoms. The largest absolute Gasteiger partial charge is 0.481 e. The van der Waals surface area contributed by atoms with Gasteiger partial charge < -0.3 is 40.9 Å². The number of thiazole rings is 1. The lowest BCUT2D eigenvalue weighted by atomic mass is 9.93. The van der Waals surface area contributed by atoms with Crippen LogP contribution in [0.5, 0.6) is 0 Å². The number of likely N-dealkylation sites (N-methyl/N-ethyl adjacent to an activating group) is 1. The molecule has 0 aliphatic carbocycles. The van der Waals surface area contributed by atoms with Crippen LogP contribution in [0.15, 0.2) is 60.0 Å². The summed E-state index contributed by atoms with van der Waals surface area (Å²) in [5.41, 5.74) is 2.84. The molecule has 5 amide bonds. The second-order valence-electron chi connectivity index (χ2n) is 21.6. The lowest BCUT2D eigenvalue weighted by molar-refractivity contribution is -0.894. The van der Waals surface area contributed by atoms with Gasteiger partial charge in [-0.3, -0.25) is 38.9 Å². The molecule has 3 unspecified atom stereocenters. The van der Waals surface area contributed by atoms with E-state index in [1.54, 1.807) is 31.2 Å². The second-order valence-corrected chi connectivity index (χ2v) is 24.1. The van der Waals surface area contributed by atoms with Crippen molar-refractivity contribution >= 4 is 67.1 Å². The van der Waals surface area contributed by atoms with Crippen LogP contribution in [0.4, 0.5) is 5.69 Å². The van der Waals surface area contributed by atoms with Gasteiger partial charge in [0.15, 0.2) is 6.10 Å². The third-order valence-electron chi connectivity index (χ3n) is 14.3. The summed E-state index contributed by atoms with van der Waals surface area (Å²) in [5, 5.41) is 27.0. The highest BCUT2D eigenvalue weighted by Gasteiger charge is 2.36. The summed E-state index contributed by atoms with van der Waals surface area (Å²) in [4.78, 5) is 99.4. The predicted molar refractivity (Wildman–Crippen MR) is 301 cm³/mol. The molecule has 4 rings (SSSR count). The Morgan fingerprint density at radius 2 is 1.55 bits per heavy atom. The Hall–Kier alpha value is -5.29. The number of ether oxygens (including phenoxy) is 1. The van der Waals surface area contributed by atoms with E-state index in [9.17, 15) is 38.7 Å². The molecular weight excluding hydrogens is 1000 g/mol. The van der Waals surface area contributed by atoms with Crippen molar-refractivity contribution in [1.29, 1.82) is 0 Å². The quantitative estimate of drug-likeness (QED) is 0.0197. The Morgan fingerprint density at radius 1 is 0.855 bits per heavy atom. The van der Waals surface area contributed by atoms with Crippen molar-refractivity contribution < 1.29 is 48.3 Å². The Morgan fingerprint density at radius 3 is 2.16 bits per heavy atom. The SMILES string of the molecule is CC[C@H](C)[C@H](NC(=O)CCCCC[NH+](C)Cc1ccc(NC(=O)[C@H](C)NC(=O)[C@@H](NC2CCCP2)C(C)C)cc1)C(=O)N(C)[C@H](C[C@@H](OC(C)=O)c1nc(C(=O)N[C@@H](Cc2ccccc2)C[C@H](C)C(=O)O)cs1)C(C)C. The highest BCUT2D eigenvalue weighted by atomic mass is 32.1. The van der Waals surface area contributed by atoms with E-state index >= 15 is 0 Å². The average Bonchev–Trinajstić information content (AvgIpc) is 4.09. The third kappa shape index (κ3) is 20.9. The maximum atomic E-state index is 14.4. The number of amides is 5. The van der Waals surface area contributed by atoms with Crippen LogP contribution in [0.1, 0.15) is 153 Å². The van der Waals surface area contributed by atoms with Crippen molar-refractivity contribution in [1.82, 2.24) is 31.2 Å². The zero-order valence-corrected chi connectivity index (χ0v) is 48.6. The molecule has 3 aromatic rings. The minimum Gasteiger partial charge on any atom is -0.481 e. The second kappa shape index (κ2) is 31.8. The van der Waals surface area contributed by atoms with E-state index in [4.69, 9.17) is 4.74 Å². The molecule has 2 aromatic carbocycles. The molecule has 1 fully saturated rings. The number of carboxylic acids is 1. The Labute approximate surface area is 457 Å². The maximum Gasteiger partial charge on any atom is 0.306 e. The average molecular weight is 1090 g/mol. The zero-order chi connectivity index (χ0) is 56.1. The number of esters is 1. The van der Waals surface area contributed by atoms with Gasteiger partial charge in [-0.25, -0.2) is 4.98 Å². The molecule has 0 saturated carbocycles. The number of carbonyl (C=O) groups is 7. The first-order valence-electron chi connectivity index (χ1n) is 27.3. The van der Waals surface area contributed by atoms with Gasteiger partial charge in [0.2, 0.25) is 23.6 Å². The van der Waals surface area contributed by atoms with E-state index < -0.39 is 54.0 Å². The van der Waals surface area contributed by atoms with Gasteiger partial charge in [-0.05, 0) is 93.5 Å². The van der Waals surface area contributed by atoms with E-state index in [-0.39, 0.29) is 72.4 Å². The normalized spacial score (nSPS) is 17.4. The van der Waals surface area contributed by atoms with Gasteiger partial charge in [0.05, 0.1) is 25.6 Å². The zero-order valence-electron chi connectivity index (χ0n) is 46.8. The first kappa shape index (κ1) is 63.2. The number of hydrogen-bond acceptors (Lipinski definition) is 11. The van der Waals surface area contributed by atoms with Crippen molar-refractivity contribution in [2.75, 3.05) is 32.1 Å². The van der Waals surface area contributed by atoms with E-state index in [1.165, 1.54) is 35.7 Å². The van der Waals surface area contributed by atoms with Crippen LogP contribution in [0.25, 0.3) is 0 Å². The number of hydrogen-bond donors (Lipinski definition) is 7. The van der Waals surface area contributed by atoms with Crippen LogP contribution in [0, 0.1) is 23.7 Å². The van der Waals surface area contributed by atoms with Crippen LogP contribution in [-0.2, 0) is 46.5 Å². The topological polar surface area (TPSA) is 230 Å². The summed E-state index contributed by atoms with van der Waals surface area (Å²) in [6.07, 6.45) is 6.78. The standard InChI is InChI=1S/C57H87N8O9PS/c1-12-37(6)51(62-48(67)22-17-14-18-28-64(10)33-42-24-26-43(27-25-42)59-52(68)39(8)58-54(70)50(36(4)5)63-49-23-19-29-75-49)56(71)65(11)46(35(2)3)32-47(74-40(9)66)55-61-45(34-76-55)53(69)60-44(30-38(7)57(72)73)31-41-20-15-13-16-21-41/h13,15-16,20-21,24-27,34-39,44,46-47,49-51,63,75H,12,14,17-19,22-23,28-33H2,1-11H3,(H,58,70)(H,59,68)(H,60,69)(H,62,67)(H,72,73)/p+1/t37-,38-,39-,44+,46+,47+,49?,50-,51-/m0/s1. The van der Waals surface area contributed by atoms with Gasteiger partial charge in [0, 0.05) is 61.3 Å². The number of carboxylic acid groups (broad SMARTS) is 1. The molecule has 420 valence electrons. The Bertz CT molecular complexity index is 2330. The van der Waals surface area contributed by atoms with Crippen molar-refractivity contribution in [3.8, 4) is 0 Å². The summed E-state index contributed by atoms with van der Waals surface area (Å²) in [6.45, 7) is 18.2. The smallest absolute Gasteiger partial charge is 0.306 e. The fourth-order valence-corrected chi connectivity index (χ4v) is 11.8. The summed E-state index contributed by atoms with van der Waals surface area (Å²) >= 11 is 1.17. The number of benzene rings is 2. The van der Waals surface area contributed by atoms with E-state index in [0.29, 0.717) is 35.7 Å². The Kier molecular flexibility index (Phi) is 26.5. The summed E-state index contributed by atoms with van der Waals surface area (Å²) < 4.78 is 5.81. The number of unbranched alkanes of at least 4 members (excludes halogenated alkanes) is 2. The first-order valence-corrected chi connectivity index (χ1v) is 29.5. The number of anilines is 1. The summed E-state index contributed by atoms with van der Waals surface area (Å²) in [7, 11) is 4.65. The van der Waals surface area contributed by atoms with Crippen LogP contribution in [0.3, 0.4) is 0 Å². The van der Waals surface area contributed by atoms with Crippen molar-refractivity contribution in [3.63, 3.8) is 0 Å². The summed E-state index contributed by atoms with van der Waals surface area (Å²) in [6, 6.07) is 14.5. The number of nitrogens with zero attached hydrogens (tertiary/aromatic N) is 2. The minimum atomic E-state index is -0.957. The molecule has 17 nitrogen and oxygen atoms in total. The number of rotatable bonds is 32. The van der Waals surface area contributed by atoms with E-state index in [1.807, 2.05) is 96.1 Å². The van der Waals surface area contributed by atoms with Gasteiger partial charge in [0.25, 0.3) is 5.91 Å². The number of aliphatic carboxylic acids is 1. The van der Waals surface area contributed by atoms with Gasteiger partial charge >= 0.3 is 11.9 Å². The van der Waals surface area contributed by atoms with Crippen molar-refractivity contribution in [2.24, 2.45) is 23.7 Å². The molecule has 0 radical (unpaired) electrons. The highest BCUT2D eigenvalue weighted by molar-refractivity contribution is 7.39. The first-order chi connectivity index (χ1) is 36.1. The molecule has 1 saturated heterocycles. The van der Waals surface area contributed by atoms with Gasteiger partial charge in [0.1, 0.15) is 29.3 Å². The fraction of sp³-hybridized carbons (Fsp3) is 0.614. The maximum absolute atomic E-state index is 14.4. The number of nitrogens with one attached hydrogen (secondary N) is 6. The van der Waals surface area contributed by atoms with Crippen molar-refractivity contribution in [2.45, 2.75) is 175 Å². The van der Waals surface area contributed by atoms with Crippen LogP contribution >= 0.6 is 19.9 Å². The lowest BCUT2D eigenvalue weighted by Gasteiger charge is -2.37. The third-order valence-corrected chi connectivity index (χ3v) is 16.8. The van der Waals surface area contributed by atoms with Gasteiger partial charge in [-0.2, -0.15) is 0 Å². The van der Waals surface area contributed by atoms with Crippen LogP contribution in [0.2, 0.25) is 0 Å². The van der Waals surface area contributed by atoms with Gasteiger partial charge in [-0.1, -0.05) is 97.4 Å².